The van der Waals surface area contributed by atoms with Gasteiger partial charge in [-0.25, -0.2) is 0 Å². The molecule has 2 aliphatic heterocycles. The van der Waals surface area contributed by atoms with Gasteiger partial charge in [-0.2, -0.15) is 0 Å². The molecule has 2 saturated heterocycles. The maximum absolute atomic E-state index is 12.9. The minimum Gasteiger partial charge on any atom is -0.380 e. The lowest BCUT2D eigenvalue weighted by atomic mass is 10.1. The van der Waals surface area contributed by atoms with Gasteiger partial charge >= 0.3 is 0 Å². The van der Waals surface area contributed by atoms with Crippen LogP contribution in [-0.4, -0.2) is 65.5 Å². The number of ether oxygens (including phenoxy) is 1. The highest BCUT2D eigenvalue weighted by atomic mass is 16.5. The Morgan fingerprint density at radius 1 is 1.30 bits per heavy atom. The summed E-state index contributed by atoms with van der Waals surface area (Å²) in [7, 11) is 1.67. The second-order valence-corrected chi connectivity index (χ2v) is 6.22. The lowest BCUT2D eigenvalue weighted by molar-refractivity contribution is -0.136. The summed E-state index contributed by atoms with van der Waals surface area (Å²) in [6.07, 6.45) is 2.69. The van der Waals surface area contributed by atoms with Crippen molar-refractivity contribution in [1.82, 2.24) is 14.8 Å². The van der Waals surface area contributed by atoms with Gasteiger partial charge in [0, 0.05) is 42.9 Å². The van der Waals surface area contributed by atoms with Gasteiger partial charge in [-0.05, 0) is 24.6 Å². The van der Waals surface area contributed by atoms with E-state index in [1.807, 2.05) is 35.4 Å². The fraction of sp³-hybridized carbons (Fsp3) is 0.412. The van der Waals surface area contributed by atoms with Crippen LogP contribution in [0.15, 0.2) is 30.5 Å². The van der Waals surface area contributed by atoms with Gasteiger partial charge in [0.2, 0.25) is 5.91 Å². The number of nitrogens with one attached hydrogen (secondary N) is 1. The molecule has 6 heteroatoms. The van der Waals surface area contributed by atoms with Gasteiger partial charge in [-0.15, -0.1) is 0 Å². The molecule has 0 saturated carbocycles. The fourth-order valence-electron chi connectivity index (χ4n) is 3.69. The Balaban J connectivity index is 1.60. The Morgan fingerprint density at radius 2 is 2.17 bits per heavy atom. The number of carbonyl (C=O) groups excluding carboxylic acids is 2. The van der Waals surface area contributed by atoms with Crippen LogP contribution in [0.3, 0.4) is 0 Å². The molecule has 2 fully saturated rings. The quantitative estimate of drug-likeness (QED) is 0.907. The first-order valence-electron chi connectivity index (χ1n) is 7.85. The van der Waals surface area contributed by atoms with E-state index in [9.17, 15) is 9.59 Å². The van der Waals surface area contributed by atoms with Gasteiger partial charge in [-0.3, -0.25) is 9.59 Å². The number of benzene rings is 1. The normalized spacial score (nSPS) is 24.3. The zero-order chi connectivity index (χ0) is 16.0. The molecule has 0 spiro atoms. The molecule has 2 aliphatic rings. The van der Waals surface area contributed by atoms with E-state index in [0.29, 0.717) is 18.7 Å². The Morgan fingerprint density at radius 3 is 3.00 bits per heavy atom. The first kappa shape index (κ1) is 14.3. The molecule has 0 unspecified atom stereocenters. The molecule has 6 nitrogen and oxygen atoms in total. The number of H-pyrrole nitrogens is 1. The lowest BCUT2D eigenvalue weighted by Crippen LogP contribution is -2.55. The zero-order valence-electron chi connectivity index (χ0n) is 13.0. The van der Waals surface area contributed by atoms with Crippen LogP contribution < -0.4 is 0 Å². The van der Waals surface area contributed by atoms with E-state index in [2.05, 4.69) is 4.98 Å². The molecule has 4 rings (SSSR count). The van der Waals surface area contributed by atoms with Crippen molar-refractivity contribution >= 4 is 22.7 Å². The van der Waals surface area contributed by atoms with Crippen molar-refractivity contribution in [1.29, 1.82) is 0 Å². The van der Waals surface area contributed by atoms with Crippen molar-refractivity contribution in [3.05, 3.63) is 36.0 Å². The maximum atomic E-state index is 12.9. The van der Waals surface area contributed by atoms with Crippen LogP contribution in [-0.2, 0) is 9.53 Å². The van der Waals surface area contributed by atoms with Gasteiger partial charge < -0.3 is 19.5 Å². The molecule has 2 aromatic rings. The summed E-state index contributed by atoms with van der Waals surface area (Å²) in [6.45, 7) is 1.35. The van der Waals surface area contributed by atoms with Crippen LogP contribution >= 0.6 is 0 Å². The molecule has 1 aromatic heterocycles. The monoisotopic (exact) mass is 313 g/mol. The van der Waals surface area contributed by atoms with Crippen molar-refractivity contribution < 1.29 is 14.3 Å². The minimum absolute atomic E-state index is 0.00962. The van der Waals surface area contributed by atoms with E-state index in [-0.39, 0.29) is 30.5 Å². The number of amides is 2. The van der Waals surface area contributed by atoms with Crippen molar-refractivity contribution in [2.75, 3.05) is 26.7 Å². The second kappa shape index (κ2) is 5.38. The van der Waals surface area contributed by atoms with Gasteiger partial charge in [-0.1, -0.05) is 6.07 Å². The topological polar surface area (TPSA) is 65.6 Å². The van der Waals surface area contributed by atoms with E-state index in [0.717, 1.165) is 17.3 Å². The molecule has 0 bridgehead atoms. The Bertz CT molecular complexity index is 769. The molecular formula is C17H19N3O3. The largest absolute Gasteiger partial charge is 0.380 e. The second-order valence-electron chi connectivity index (χ2n) is 6.22. The minimum atomic E-state index is -0.0796. The summed E-state index contributed by atoms with van der Waals surface area (Å²) in [5.74, 6) is -0.0699. The first-order valence-corrected chi connectivity index (χ1v) is 7.85. The number of aromatic amines is 1. The summed E-state index contributed by atoms with van der Waals surface area (Å²) in [5.41, 5.74) is 1.58. The number of rotatable bonds is 2. The summed E-state index contributed by atoms with van der Waals surface area (Å²) >= 11 is 0. The number of hydrogen-bond acceptors (Lipinski definition) is 3. The smallest absolute Gasteiger partial charge is 0.255 e. The Labute approximate surface area is 134 Å². The SMILES string of the molecule is CO[C@H]1C[C@H]2CN(C(=O)c3cccc4[nH]ccc34)CC(=O)N2C1. The number of nitrogens with zero attached hydrogens (tertiary/aromatic N) is 2. The molecule has 2 atom stereocenters. The lowest BCUT2D eigenvalue weighted by Gasteiger charge is -2.36. The highest BCUT2D eigenvalue weighted by Crippen LogP contribution is 2.26. The Kier molecular flexibility index (Phi) is 3.34. The number of aromatic nitrogens is 1. The van der Waals surface area contributed by atoms with Crippen LogP contribution in [0.25, 0.3) is 10.9 Å². The predicted molar refractivity (Wildman–Crippen MR) is 85.1 cm³/mol. The number of hydrogen-bond donors (Lipinski definition) is 1. The molecule has 0 radical (unpaired) electrons. The predicted octanol–water partition coefficient (Wildman–Crippen LogP) is 1.24. The molecule has 0 aliphatic carbocycles. The highest BCUT2D eigenvalue weighted by Gasteiger charge is 2.41. The van der Waals surface area contributed by atoms with Gasteiger partial charge in [0.25, 0.3) is 5.91 Å². The zero-order valence-corrected chi connectivity index (χ0v) is 13.0. The fourth-order valence-corrected chi connectivity index (χ4v) is 3.69. The molecule has 3 heterocycles. The molecule has 1 aromatic carbocycles. The summed E-state index contributed by atoms with van der Waals surface area (Å²) in [6, 6.07) is 7.59. The first-order chi connectivity index (χ1) is 11.2. The van der Waals surface area contributed by atoms with Gasteiger partial charge in [0.05, 0.1) is 12.1 Å². The van der Waals surface area contributed by atoms with Crippen LogP contribution in [0.2, 0.25) is 0 Å². The van der Waals surface area contributed by atoms with Crippen LogP contribution in [0.1, 0.15) is 16.8 Å². The third-order valence-corrected chi connectivity index (χ3v) is 4.90. The third kappa shape index (κ3) is 2.30. The van der Waals surface area contributed by atoms with Gasteiger partial charge in [0.1, 0.15) is 6.54 Å². The summed E-state index contributed by atoms with van der Waals surface area (Å²) in [5, 5.41) is 0.897. The average Bonchev–Trinajstić information content (AvgIpc) is 3.20. The highest BCUT2D eigenvalue weighted by molar-refractivity contribution is 6.07. The Hall–Kier alpha value is -2.34. The molecule has 120 valence electrons. The molecule has 2 amide bonds. The number of fused-ring (bicyclic) bond motifs is 2. The van der Waals surface area contributed by atoms with E-state index in [1.165, 1.54) is 0 Å². The number of piperazine rings is 1. The summed E-state index contributed by atoms with van der Waals surface area (Å²) < 4.78 is 5.38. The van der Waals surface area contributed by atoms with Crippen LogP contribution in [0.5, 0.6) is 0 Å². The van der Waals surface area contributed by atoms with Crippen molar-refractivity contribution in [2.45, 2.75) is 18.6 Å². The number of carbonyl (C=O) groups is 2. The standard InChI is InChI=1S/C17H19N3O3/c1-23-12-7-11-8-19(10-16(21)20(11)9-12)17(22)14-3-2-4-15-13(14)5-6-18-15/h2-6,11-12,18H,7-10H2,1H3/t11-,12-/m0/s1. The van der Waals surface area contributed by atoms with Crippen molar-refractivity contribution in [3.8, 4) is 0 Å². The van der Waals surface area contributed by atoms with E-state index in [1.54, 1.807) is 12.0 Å². The molecule has 23 heavy (non-hydrogen) atoms. The summed E-state index contributed by atoms with van der Waals surface area (Å²) in [4.78, 5) is 31.9. The maximum Gasteiger partial charge on any atom is 0.255 e. The van der Waals surface area contributed by atoms with Gasteiger partial charge in [0.15, 0.2) is 0 Å². The van der Waals surface area contributed by atoms with Crippen LogP contribution in [0, 0.1) is 0 Å². The van der Waals surface area contributed by atoms with E-state index in [4.69, 9.17) is 4.74 Å². The van der Waals surface area contributed by atoms with E-state index >= 15 is 0 Å². The van der Waals surface area contributed by atoms with Crippen LogP contribution in [0.4, 0.5) is 0 Å². The molecular weight excluding hydrogens is 294 g/mol. The average molecular weight is 313 g/mol. The van der Waals surface area contributed by atoms with Crippen molar-refractivity contribution in [2.24, 2.45) is 0 Å². The number of methoxy groups -OCH3 is 1. The molecule has 1 N–H and O–H groups in total. The third-order valence-electron chi connectivity index (χ3n) is 4.90. The van der Waals surface area contributed by atoms with E-state index < -0.39 is 0 Å². The van der Waals surface area contributed by atoms with Crippen molar-refractivity contribution in [3.63, 3.8) is 0 Å².